The molecule has 1 fully saturated rings. The fourth-order valence-electron chi connectivity index (χ4n) is 6.79. The van der Waals surface area contributed by atoms with Gasteiger partial charge in [-0.15, -0.1) is 0 Å². The number of benzene rings is 3. The predicted octanol–water partition coefficient (Wildman–Crippen LogP) is 9.81. The number of aliphatic hydroxyl groups is 1. The van der Waals surface area contributed by atoms with E-state index >= 15 is 0 Å². The Kier molecular flexibility index (Phi) is 14.2. The smallest absolute Gasteiger partial charge is 0.335 e. The lowest BCUT2D eigenvalue weighted by molar-refractivity contribution is -0.144. The fraction of sp³-hybridized carbons (Fsp3) is 0.442. The first-order valence-electron chi connectivity index (χ1n) is 17.8. The topological polar surface area (TPSA) is 72.8 Å². The lowest BCUT2D eigenvalue weighted by Crippen LogP contribution is -2.25. The van der Waals surface area contributed by atoms with Crippen LogP contribution < -0.4 is 0 Å². The largest absolute Gasteiger partial charge is 0.462 e. The number of esters is 2. The SMILES string of the molecule is C=C(C)C(=O)OCC(COC(=O)C(=C)CO)CC1CCC(c2ccc(-c3ccc(-c4ccc(CCCCC)cc4)c(CC)c3)cc2)CC1. The van der Waals surface area contributed by atoms with E-state index < -0.39 is 18.5 Å². The molecule has 3 aromatic carbocycles. The maximum Gasteiger partial charge on any atom is 0.335 e. The average molecular weight is 651 g/mol. The van der Waals surface area contributed by atoms with Crippen LogP contribution in [-0.4, -0.2) is 36.9 Å². The molecule has 1 N–H and O–H groups in total. The second-order valence-corrected chi connectivity index (χ2v) is 13.6. The highest BCUT2D eigenvalue weighted by molar-refractivity contribution is 5.88. The third-order valence-electron chi connectivity index (χ3n) is 9.78. The summed E-state index contributed by atoms with van der Waals surface area (Å²) in [4.78, 5) is 24.1. The number of aryl methyl sites for hydroxylation is 2. The zero-order valence-electron chi connectivity index (χ0n) is 29.3. The van der Waals surface area contributed by atoms with Crippen LogP contribution in [0.1, 0.15) is 94.7 Å². The second kappa shape index (κ2) is 18.5. The van der Waals surface area contributed by atoms with E-state index in [1.165, 1.54) is 58.2 Å². The van der Waals surface area contributed by atoms with Gasteiger partial charge in [0.05, 0.1) is 25.4 Å². The molecule has 48 heavy (non-hydrogen) atoms. The molecule has 0 aliphatic heterocycles. The normalized spacial score (nSPS) is 16.6. The Labute approximate surface area is 288 Å². The monoisotopic (exact) mass is 650 g/mol. The molecule has 0 amide bonds. The Morgan fingerprint density at radius 1 is 0.812 bits per heavy atom. The van der Waals surface area contributed by atoms with Crippen molar-refractivity contribution < 1.29 is 24.2 Å². The van der Waals surface area contributed by atoms with Crippen LogP contribution in [-0.2, 0) is 31.9 Å². The van der Waals surface area contributed by atoms with Crippen molar-refractivity contribution in [2.45, 2.75) is 90.9 Å². The van der Waals surface area contributed by atoms with E-state index in [1.54, 1.807) is 6.92 Å². The molecule has 1 unspecified atom stereocenters. The van der Waals surface area contributed by atoms with E-state index in [4.69, 9.17) is 9.47 Å². The van der Waals surface area contributed by atoms with Crippen molar-refractivity contribution in [2.24, 2.45) is 11.8 Å². The molecule has 5 heteroatoms. The van der Waals surface area contributed by atoms with Crippen molar-refractivity contribution >= 4 is 11.9 Å². The number of hydrogen-bond acceptors (Lipinski definition) is 5. The molecule has 1 atom stereocenters. The molecule has 0 spiro atoms. The Balaban J connectivity index is 1.34. The third-order valence-corrected chi connectivity index (χ3v) is 9.78. The van der Waals surface area contributed by atoms with Crippen LogP contribution in [0.25, 0.3) is 22.3 Å². The van der Waals surface area contributed by atoms with Gasteiger partial charge in [0, 0.05) is 11.5 Å². The summed E-state index contributed by atoms with van der Waals surface area (Å²) in [5.74, 6) is -0.219. The van der Waals surface area contributed by atoms with E-state index in [0.717, 1.165) is 44.9 Å². The minimum absolute atomic E-state index is 0.0145. The molecule has 1 aliphatic carbocycles. The number of ether oxygens (including phenoxy) is 2. The van der Waals surface area contributed by atoms with Crippen LogP contribution in [0.2, 0.25) is 0 Å². The number of carbonyl (C=O) groups excluding carboxylic acids is 2. The highest BCUT2D eigenvalue weighted by Gasteiger charge is 2.26. The van der Waals surface area contributed by atoms with Gasteiger partial charge in [0.15, 0.2) is 0 Å². The molecule has 0 bridgehead atoms. The van der Waals surface area contributed by atoms with Crippen LogP contribution in [0.5, 0.6) is 0 Å². The van der Waals surface area contributed by atoms with Crippen LogP contribution in [0.3, 0.4) is 0 Å². The number of unbranched alkanes of at least 4 members (excludes halogenated alkanes) is 2. The molecule has 0 aromatic heterocycles. The molecular weight excluding hydrogens is 596 g/mol. The minimum atomic E-state index is -0.620. The number of aliphatic hydroxyl groups excluding tert-OH is 1. The summed E-state index contributed by atoms with van der Waals surface area (Å²) < 4.78 is 10.8. The van der Waals surface area contributed by atoms with Gasteiger partial charge in [-0.3, -0.25) is 0 Å². The summed E-state index contributed by atoms with van der Waals surface area (Å²) in [6.07, 6.45) is 11.1. The van der Waals surface area contributed by atoms with Crippen LogP contribution in [0, 0.1) is 11.8 Å². The van der Waals surface area contributed by atoms with E-state index in [2.05, 4.69) is 93.7 Å². The van der Waals surface area contributed by atoms with Crippen molar-refractivity contribution in [3.8, 4) is 22.3 Å². The van der Waals surface area contributed by atoms with Gasteiger partial charge < -0.3 is 14.6 Å². The molecular formula is C43H54O5. The van der Waals surface area contributed by atoms with Gasteiger partial charge in [-0.05, 0) is 109 Å². The molecule has 256 valence electrons. The van der Waals surface area contributed by atoms with Crippen molar-refractivity contribution in [1.29, 1.82) is 0 Å². The van der Waals surface area contributed by atoms with Crippen molar-refractivity contribution in [3.05, 3.63) is 108 Å². The lowest BCUT2D eigenvalue weighted by atomic mass is 9.75. The van der Waals surface area contributed by atoms with Crippen LogP contribution in [0.4, 0.5) is 0 Å². The lowest BCUT2D eigenvalue weighted by Gasteiger charge is -2.31. The van der Waals surface area contributed by atoms with Gasteiger partial charge in [-0.2, -0.15) is 0 Å². The van der Waals surface area contributed by atoms with Gasteiger partial charge in [0.25, 0.3) is 0 Å². The predicted molar refractivity (Wildman–Crippen MR) is 196 cm³/mol. The highest BCUT2D eigenvalue weighted by Crippen LogP contribution is 2.39. The first-order chi connectivity index (χ1) is 23.2. The average Bonchev–Trinajstić information content (AvgIpc) is 3.12. The fourth-order valence-corrected chi connectivity index (χ4v) is 6.79. The molecule has 3 aromatic rings. The summed E-state index contributed by atoms with van der Waals surface area (Å²) in [6.45, 7) is 13.1. The van der Waals surface area contributed by atoms with Gasteiger partial charge in [-0.25, -0.2) is 9.59 Å². The summed E-state index contributed by atoms with van der Waals surface area (Å²) in [7, 11) is 0. The maximum atomic E-state index is 12.1. The Bertz CT molecular complexity index is 1510. The number of rotatable bonds is 17. The standard InChI is InChI=1S/C43H54O5/c1-6-8-9-10-32-11-17-39(18-12-32)41-24-23-40(26-35(41)7-2)38-21-19-37(20-22-38)36-15-13-33(14-16-36)25-34(28-47-42(45)30(3)4)29-48-43(46)31(5)27-44/h11-12,17-24,26,33-34,36,44H,3,5-10,13-16,25,27-29H2,1-2,4H3. The molecule has 0 radical (unpaired) electrons. The summed E-state index contributed by atoms with van der Waals surface area (Å²) >= 11 is 0. The second-order valence-electron chi connectivity index (χ2n) is 13.6. The van der Waals surface area contributed by atoms with Gasteiger partial charge in [-0.1, -0.05) is 107 Å². The Hall–Kier alpha value is -3.96. The van der Waals surface area contributed by atoms with E-state index in [0.29, 0.717) is 17.4 Å². The number of carbonyl (C=O) groups is 2. The van der Waals surface area contributed by atoms with E-state index in [1.807, 2.05) is 0 Å². The molecule has 4 rings (SSSR count). The van der Waals surface area contributed by atoms with E-state index in [-0.39, 0.29) is 24.7 Å². The van der Waals surface area contributed by atoms with E-state index in [9.17, 15) is 14.7 Å². The van der Waals surface area contributed by atoms with Crippen LogP contribution >= 0.6 is 0 Å². The quantitative estimate of drug-likeness (QED) is 0.0895. The molecule has 0 saturated heterocycles. The number of hydrogen-bond donors (Lipinski definition) is 1. The summed E-state index contributed by atoms with van der Waals surface area (Å²) in [6, 6.07) is 25.2. The maximum absolute atomic E-state index is 12.1. The van der Waals surface area contributed by atoms with Crippen molar-refractivity contribution in [1.82, 2.24) is 0 Å². The molecule has 1 aliphatic rings. The molecule has 5 nitrogen and oxygen atoms in total. The summed E-state index contributed by atoms with van der Waals surface area (Å²) in [5.41, 5.74) is 9.63. The first kappa shape index (κ1) is 36.9. The zero-order chi connectivity index (χ0) is 34.5. The van der Waals surface area contributed by atoms with Crippen molar-refractivity contribution in [3.63, 3.8) is 0 Å². The third kappa shape index (κ3) is 10.5. The zero-order valence-corrected chi connectivity index (χ0v) is 29.3. The first-order valence-corrected chi connectivity index (χ1v) is 17.8. The summed E-state index contributed by atoms with van der Waals surface area (Å²) in [5, 5.41) is 9.18. The molecule has 0 heterocycles. The Morgan fingerprint density at radius 2 is 1.44 bits per heavy atom. The van der Waals surface area contributed by atoms with Gasteiger partial charge in [0.2, 0.25) is 0 Å². The van der Waals surface area contributed by atoms with Crippen LogP contribution in [0.15, 0.2) is 91.0 Å². The highest BCUT2D eigenvalue weighted by atomic mass is 16.5. The van der Waals surface area contributed by atoms with Crippen molar-refractivity contribution in [2.75, 3.05) is 19.8 Å². The minimum Gasteiger partial charge on any atom is -0.462 e. The Morgan fingerprint density at radius 3 is 2.04 bits per heavy atom. The molecule has 1 saturated carbocycles. The van der Waals surface area contributed by atoms with Gasteiger partial charge >= 0.3 is 11.9 Å². The van der Waals surface area contributed by atoms with Gasteiger partial charge in [0.1, 0.15) is 0 Å².